The van der Waals surface area contributed by atoms with Crippen LogP contribution in [0.15, 0.2) is 189 Å². The van der Waals surface area contributed by atoms with Gasteiger partial charge in [-0.25, -0.2) is 0 Å². The van der Waals surface area contributed by atoms with Crippen LogP contribution in [-0.2, 0) is 10.8 Å². The topological polar surface area (TPSA) is 6.48 Å². The van der Waals surface area contributed by atoms with Crippen LogP contribution < -0.4 is 9.80 Å². The van der Waals surface area contributed by atoms with Gasteiger partial charge in [-0.15, -0.1) is 0 Å². The number of nitrogens with zero attached hydrogens (tertiary/aromatic N) is 2. The average molecular weight is 735 g/mol. The van der Waals surface area contributed by atoms with Crippen molar-refractivity contribution in [2.75, 3.05) is 16.3 Å². The molecule has 57 heavy (non-hydrogen) atoms. The minimum atomic E-state index is -0.103. The molecule has 3 aliphatic rings. The molecule has 0 aromatic heterocycles. The molecule has 2 nitrogen and oxygen atoms in total. The number of hydrogen-bond acceptors (Lipinski definition) is 2. The van der Waals surface area contributed by atoms with Crippen LogP contribution >= 0.6 is 0 Å². The zero-order valence-electron chi connectivity index (χ0n) is 33.1. The first-order chi connectivity index (χ1) is 27.7. The van der Waals surface area contributed by atoms with Gasteiger partial charge in [-0.2, -0.15) is 0 Å². The summed E-state index contributed by atoms with van der Waals surface area (Å²) in [4.78, 5) is 4.81. The first-order valence-electron chi connectivity index (χ1n) is 20.1. The van der Waals surface area contributed by atoms with Gasteiger partial charge in [-0.1, -0.05) is 156 Å². The Morgan fingerprint density at radius 1 is 0.474 bits per heavy atom. The minimum absolute atomic E-state index is 0.103. The van der Waals surface area contributed by atoms with Crippen molar-refractivity contribution in [1.29, 1.82) is 0 Å². The second kappa shape index (κ2) is 13.2. The normalized spacial score (nSPS) is 16.6. The summed E-state index contributed by atoms with van der Waals surface area (Å²) in [6.45, 7) is 14.7. The van der Waals surface area contributed by atoms with Gasteiger partial charge in [0, 0.05) is 51.4 Å². The molecule has 276 valence electrons. The molecule has 1 heterocycles. The molecule has 2 aliphatic carbocycles. The smallest absolute Gasteiger partial charge is 0.0493 e. The monoisotopic (exact) mass is 734 g/mol. The molecule has 0 bridgehead atoms. The minimum Gasteiger partial charge on any atom is -0.337 e. The van der Waals surface area contributed by atoms with Crippen LogP contribution in [0.2, 0.25) is 0 Å². The fourth-order valence-electron chi connectivity index (χ4n) is 9.58. The van der Waals surface area contributed by atoms with E-state index in [0.29, 0.717) is 0 Å². The fraction of sp³-hybridized carbons (Fsp3) is 0.127. The van der Waals surface area contributed by atoms with Gasteiger partial charge < -0.3 is 9.80 Å². The number of anilines is 5. The van der Waals surface area contributed by atoms with E-state index in [1.165, 1.54) is 50.1 Å². The zero-order chi connectivity index (χ0) is 38.9. The highest BCUT2D eigenvalue weighted by atomic mass is 15.1. The van der Waals surface area contributed by atoms with Crippen LogP contribution in [0.1, 0.15) is 55.5 Å². The van der Waals surface area contributed by atoms with Crippen LogP contribution in [0.3, 0.4) is 0 Å². The molecule has 10 rings (SSSR count). The van der Waals surface area contributed by atoms with E-state index in [2.05, 4.69) is 226 Å². The second-order valence-corrected chi connectivity index (χ2v) is 16.7. The maximum Gasteiger partial charge on any atom is 0.0493 e. The lowest BCUT2D eigenvalue weighted by atomic mass is 9.82. The van der Waals surface area contributed by atoms with Gasteiger partial charge in [0.05, 0.1) is 0 Å². The highest BCUT2D eigenvalue weighted by Crippen LogP contribution is 2.53. The number of hydrogen-bond donors (Lipinski definition) is 0. The molecule has 0 spiro atoms. The number of benzene rings is 7. The van der Waals surface area contributed by atoms with Crippen molar-refractivity contribution in [3.63, 3.8) is 0 Å². The van der Waals surface area contributed by atoms with Crippen LogP contribution in [-0.4, -0.2) is 6.54 Å². The van der Waals surface area contributed by atoms with Gasteiger partial charge in [0.15, 0.2) is 0 Å². The van der Waals surface area contributed by atoms with Crippen LogP contribution in [0.5, 0.6) is 0 Å². The summed E-state index contributed by atoms with van der Waals surface area (Å²) in [5, 5.41) is 0. The average Bonchev–Trinajstić information content (AvgIpc) is 3.64. The summed E-state index contributed by atoms with van der Waals surface area (Å²) in [5.74, 6) is 0. The predicted molar refractivity (Wildman–Crippen MR) is 242 cm³/mol. The molecule has 1 aliphatic heterocycles. The Labute approximate surface area is 337 Å². The number of allylic oxidation sites excluding steroid dienone is 4. The summed E-state index contributed by atoms with van der Waals surface area (Å²) >= 11 is 0. The lowest BCUT2D eigenvalue weighted by Crippen LogP contribution is -2.18. The highest BCUT2D eigenvalue weighted by molar-refractivity contribution is 5.90. The molecule has 0 N–H and O–H groups in total. The molecule has 0 saturated carbocycles. The van der Waals surface area contributed by atoms with Gasteiger partial charge >= 0.3 is 0 Å². The maximum atomic E-state index is 4.51. The zero-order valence-corrected chi connectivity index (χ0v) is 33.1. The molecular weight excluding hydrogens is 689 g/mol. The van der Waals surface area contributed by atoms with Crippen LogP contribution in [0.25, 0.3) is 39.0 Å². The van der Waals surface area contributed by atoms with E-state index in [4.69, 9.17) is 0 Å². The lowest BCUT2D eigenvalue weighted by molar-refractivity contribution is 0.660. The van der Waals surface area contributed by atoms with E-state index in [1.54, 1.807) is 0 Å². The molecular formula is C55H46N2. The van der Waals surface area contributed by atoms with E-state index in [1.807, 2.05) is 0 Å². The van der Waals surface area contributed by atoms with Crippen molar-refractivity contribution in [2.45, 2.75) is 38.5 Å². The SMILES string of the molecule is C=C1/C=C\C=C/CN(c2ccccc2)c2ccc(-c3ccc(N(c4ccc5c(c4)C(C)(C)c4ccccc4-5)c4ccc5c(c4)C(C)(C)c4ccccc4-5)cc3)cc21. The molecule has 2 heteroatoms. The molecule has 0 saturated heterocycles. The quantitative estimate of drug-likeness (QED) is 0.174. The molecule has 0 unspecified atom stereocenters. The van der Waals surface area contributed by atoms with Gasteiger partial charge in [-0.3, -0.25) is 0 Å². The molecule has 0 amide bonds. The van der Waals surface area contributed by atoms with E-state index < -0.39 is 0 Å². The number of rotatable bonds is 5. The van der Waals surface area contributed by atoms with Crippen molar-refractivity contribution < 1.29 is 0 Å². The predicted octanol–water partition coefficient (Wildman–Crippen LogP) is 14.7. The van der Waals surface area contributed by atoms with Crippen LogP contribution in [0, 0.1) is 0 Å². The Kier molecular flexibility index (Phi) is 8.09. The van der Waals surface area contributed by atoms with Crippen LogP contribution in [0.4, 0.5) is 28.4 Å². The van der Waals surface area contributed by atoms with Gasteiger partial charge in [0.2, 0.25) is 0 Å². The Hall–Kier alpha value is -6.64. The number of para-hydroxylation sites is 1. The highest BCUT2D eigenvalue weighted by Gasteiger charge is 2.37. The molecule has 7 aromatic rings. The fourth-order valence-corrected chi connectivity index (χ4v) is 9.58. The van der Waals surface area contributed by atoms with Crippen molar-refractivity contribution in [1.82, 2.24) is 0 Å². The summed E-state index contributed by atoms with van der Waals surface area (Å²) < 4.78 is 0. The lowest BCUT2D eigenvalue weighted by Gasteiger charge is -2.30. The van der Waals surface area contributed by atoms with Gasteiger partial charge in [0.1, 0.15) is 0 Å². The van der Waals surface area contributed by atoms with Crippen molar-refractivity contribution in [3.8, 4) is 33.4 Å². The van der Waals surface area contributed by atoms with E-state index >= 15 is 0 Å². The maximum absolute atomic E-state index is 4.51. The Bertz CT molecular complexity index is 2670. The molecule has 0 atom stereocenters. The molecule has 7 aromatic carbocycles. The molecule has 0 radical (unpaired) electrons. The third kappa shape index (κ3) is 5.62. The third-order valence-electron chi connectivity index (χ3n) is 12.6. The van der Waals surface area contributed by atoms with Crippen molar-refractivity contribution in [3.05, 3.63) is 216 Å². The summed E-state index contributed by atoms with van der Waals surface area (Å²) in [5.41, 5.74) is 20.8. The summed E-state index contributed by atoms with van der Waals surface area (Å²) in [6.07, 6.45) is 8.52. The third-order valence-corrected chi connectivity index (χ3v) is 12.6. The Morgan fingerprint density at radius 2 is 1.00 bits per heavy atom. The second-order valence-electron chi connectivity index (χ2n) is 16.7. The summed E-state index contributed by atoms with van der Waals surface area (Å²) in [6, 6.07) is 58.5. The van der Waals surface area contributed by atoms with Crippen molar-refractivity contribution >= 4 is 34.0 Å². The Morgan fingerprint density at radius 3 is 1.61 bits per heavy atom. The molecule has 0 fully saturated rings. The Balaban J connectivity index is 1.08. The van der Waals surface area contributed by atoms with E-state index in [9.17, 15) is 0 Å². The largest absolute Gasteiger partial charge is 0.337 e. The van der Waals surface area contributed by atoms with Gasteiger partial charge in [-0.05, 0) is 122 Å². The van der Waals surface area contributed by atoms with E-state index in [-0.39, 0.29) is 10.8 Å². The first kappa shape index (κ1) is 34.8. The first-order valence-corrected chi connectivity index (χ1v) is 20.1. The van der Waals surface area contributed by atoms with E-state index in [0.717, 1.165) is 51.7 Å². The standard InChI is InChI=1S/C55H46N2/c1-37-16-8-7-15-33-56(40-17-9-6-10-18-40)53-32-25-39(34-48(37)53)38-23-26-41(27-24-38)57(42-28-30-46-44-19-11-13-21-49(44)54(2,3)51(46)35-42)43-29-31-47-45-20-12-14-22-50(45)55(4,5)52(47)36-43/h6-32,34-36H,1,33H2,2-5H3/b15-7-,16-8-. The van der Waals surface area contributed by atoms with Crippen molar-refractivity contribution in [2.24, 2.45) is 0 Å². The summed E-state index contributed by atoms with van der Waals surface area (Å²) in [7, 11) is 0. The number of fused-ring (bicyclic) bond motifs is 7. The van der Waals surface area contributed by atoms with Gasteiger partial charge in [0.25, 0.3) is 0 Å².